The lowest BCUT2D eigenvalue weighted by atomic mass is 9.81. The number of carbonyl (C=O) groups excluding carboxylic acids is 2. The summed E-state index contributed by atoms with van der Waals surface area (Å²) in [6.45, 7) is 0.485. The van der Waals surface area contributed by atoms with E-state index in [1.807, 2.05) is 6.08 Å². The highest BCUT2D eigenvalue weighted by molar-refractivity contribution is 5.90. The second kappa shape index (κ2) is 6.07. The zero-order valence-electron chi connectivity index (χ0n) is 11.3. The van der Waals surface area contributed by atoms with Crippen LogP contribution >= 0.6 is 0 Å². The van der Waals surface area contributed by atoms with Crippen LogP contribution in [-0.2, 0) is 14.4 Å². The van der Waals surface area contributed by atoms with Gasteiger partial charge in [0.15, 0.2) is 0 Å². The number of carboxylic acid groups (broad SMARTS) is 1. The highest BCUT2D eigenvalue weighted by atomic mass is 16.4. The number of piperidine rings is 1. The minimum absolute atomic E-state index is 0.245. The van der Waals surface area contributed by atoms with Gasteiger partial charge in [0.05, 0.1) is 11.8 Å². The molecule has 6 nitrogen and oxygen atoms in total. The molecule has 0 bridgehead atoms. The molecule has 1 fully saturated rings. The molecule has 1 aliphatic carbocycles. The molecule has 0 aromatic carbocycles. The quantitative estimate of drug-likeness (QED) is 0.736. The highest BCUT2D eigenvalue weighted by Gasteiger charge is 2.40. The molecule has 2 rings (SSSR count). The smallest absolute Gasteiger partial charge is 0.307 e. The van der Waals surface area contributed by atoms with Gasteiger partial charge in [-0.3, -0.25) is 14.4 Å². The molecular weight excluding hydrogens is 260 g/mol. The lowest BCUT2D eigenvalue weighted by molar-refractivity contribution is -0.153. The van der Waals surface area contributed by atoms with E-state index in [2.05, 4.69) is 0 Å². The Kier molecular flexibility index (Phi) is 4.42. The molecular formula is C14H20N2O4. The van der Waals surface area contributed by atoms with E-state index in [-0.39, 0.29) is 5.91 Å². The van der Waals surface area contributed by atoms with E-state index < -0.39 is 29.8 Å². The summed E-state index contributed by atoms with van der Waals surface area (Å²) >= 11 is 0. The number of primary amides is 1. The molecule has 20 heavy (non-hydrogen) atoms. The number of amides is 2. The zero-order valence-corrected chi connectivity index (χ0v) is 11.3. The zero-order chi connectivity index (χ0) is 14.7. The molecule has 110 valence electrons. The molecule has 0 saturated carbocycles. The lowest BCUT2D eigenvalue weighted by Crippen LogP contribution is -2.53. The van der Waals surface area contributed by atoms with Gasteiger partial charge in [0, 0.05) is 6.54 Å². The van der Waals surface area contributed by atoms with Crippen LogP contribution in [0.2, 0.25) is 0 Å². The number of nitrogens with zero attached hydrogens (tertiary/aromatic N) is 1. The summed E-state index contributed by atoms with van der Waals surface area (Å²) in [4.78, 5) is 36.8. The van der Waals surface area contributed by atoms with Crippen molar-refractivity contribution in [3.05, 3.63) is 12.2 Å². The fourth-order valence-corrected chi connectivity index (χ4v) is 3.06. The van der Waals surface area contributed by atoms with Crippen LogP contribution in [0.3, 0.4) is 0 Å². The average molecular weight is 280 g/mol. The molecule has 0 aromatic rings. The van der Waals surface area contributed by atoms with Gasteiger partial charge < -0.3 is 15.7 Å². The predicted molar refractivity (Wildman–Crippen MR) is 71.5 cm³/mol. The molecule has 3 atom stereocenters. The van der Waals surface area contributed by atoms with E-state index in [0.29, 0.717) is 25.8 Å². The van der Waals surface area contributed by atoms with Crippen molar-refractivity contribution in [1.82, 2.24) is 4.90 Å². The second-order valence-electron chi connectivity index (χ2n) is 5.44. The van der Waals surface area contributed by atoms with Crippen LogP contribution in [0.5, 0.6) is 0 Å². The first-order valence-electron chi connectivity index (χ1n) is 7.00. The highest BCUT2D eigenvalue weighted by Crippen LogP contribution is 2.30. The van der Waals surface area contributed by atoms with Gasteiger partial charge in [-0.25, -0.2) is 0 Å². The topological polar surface area (TPSA) is 101 Å². The van der Waals surface area contributed by atoms with Crippen LogP contribution < -0.4 is 5.73 Å². The molecule has 2 amide bonds. The van der Waals surface area contributed by atoms with Crippen molar-refractivity contribution < 1.29 is 19.5 Å². The molecule has 0 spiro atoms. The summed E-state index contributed by atoms with van der Waals surface area (Å²) in [7, 11) is 0. The summed E-state index contributed by atoms with van der Waals surface area (Å²) in [5, 5.41) is 9.23. The number of allylic oxidation sites excluding steroid dienone is 2. The maximum Gasteiger partial charge on any atom is 0.307 e. The van der Waals surface area contributed by atoms with E-state index in [1.165, 1.54) is 4.90 Å². The molecule has 1 saturated heterocycles. The first-order valence-corrected chi connectivity index (χ1v) is 7.00. The normalized spacial score (nSPS) is 30.0. The van der Waals surface area contributed by atoms with E-state index in [1.54, 1.807) is 6.08 Å². The fraction of sp³-hybridized carbons (Fsp3) is 0.643. The van der Waals surface area contributed by atoms with Crippen LogP contribution in [0.1, 0.15) is 32.1 Å². The van der Waals surface area contributed by atoms with Crippen molar-refractivity contribution in [1.29, 1.82) is 0 Å². The molecule has 0 radical (unpaired) electrons. The third-order valence-corrected chi connectivity index (χ3v) is 4.18. The maximum absolute atomic E-state index is 12.6. The number of hydrogen-bond acceptors (Lipinski definition) is 3. The summed E-state index contributed by atoms with van der Waals surface area (Å²) < 4.78 is 0. The predicted octanol–water partition coefficient (Wildman–Crippen LogP) is 0.520. The number of carbonyl (C=O) groups is 3. The largest absolute Gasteiger partial charge is 0.481 e. The molecule has 0 aromatic heterocycles. The van der Waals surface area contributed by atoms with Crippen molar-refractivity contribution in [3.8, 4) is 0 Å². The molecule has 3 N–H and O–H groups in total. The van der Waals surface area contributed by atoms with Gasteiger partial charge in [0.2, 0.25) is 11.8 Å². The Hall–Kier alpha value is -1.85. The standard InChI is InChI=1S/C14H20N2O4/c15-12(17)11-7-3-4-8-16(11)13(18)9-5-1-2-6-10(9)14(19)20/h1-2,9-11H,3-8H2,(H2,15,17)(H,19,20). The molecule has 6 heteroatoms. The van der Waals surface area contributed by atoms with Crippen molar-refractivity contribution in [2.45, 2.75) is 38.1 Å². The monoisotopic (exact) mass is 280 g/mol. The number of rotatable bonds is 3. The molecule has 1 heterocycles. The second-order valence-corrected chi connectivity index (χ2v) is 5.44. The number of aliphatic carboxylic acids is 1. The minimum Gasteiger partial charge on any atom is -0.481 e. The van der Waals surface area contributed by atoms with Crippen molar-refractivity contribution >= 4 is 17.8 Å². The van der Waals surface area contributed by atoms with Gasteiger partial charge in [0.1, 0.15) is 6.04 Å². The molecule has 2 aliphatic rings. The van der Waals surface area contributed by atoms with Crippen molar-refractivity contribution in [2.24, 2.45) is 17.6 Å². The Balaban J connectivity index is 2.17. The van der Waals surface area contributed by atoms with Gasteiger partial charge in [-0.15, -0.1) is 0 Å². The van der Waals surface area contributed by atoms with Crippen molar-refractivity contribution in [2.75, 3.05) is 6.54 Å². The van der Waals surface area contributed by atoms with E-state index in [9.17, 15) is 19.5 Å². The SMILES string of the molecule is NC(=O)C1CCCCN1C(=O)C1CC=CCC1C(=O)O. The molecule has 1 aliphatic heterocycles. The average Bonchev–Trinajstić information content (AvgIpc) is 2.46. The first kappa shape index (κ1) is 14.6. The van der Waals surface area contributed by atoms with Gasteiger partial charge in [-0.1, -0.05) is 12.2 Å². The van der Waals surface area contributed by atoms with Gasteiger partial charge in [-0.05, 0) is 32.1 Å². The van der Waals surface area contributed by atoms with Crippen LogP contribution in [0.4, 0.5) is 0 Å². The van der Waals surface area contributed by atoms with E-state index in [4.69, 9.17) is 5.73 Å². The Morgan fingerprint density at radius 3 is 2.35 bits per heavy atom. The van der Waals surface area contributed by atoms with Gasteiger partial charge in [-0.2, -0.15) is 0 Å². The van der Waals surface area contributed by atoms with Crippen LogP contribution in [0, 0.1) is 11.8 Å². The third-order valence-electron chi connectivity index (χ3n) is 4.18. The Morgan fingerprint density at radius 2 is 1.75 bits per heavy atom. The van der Waals surface area contributed by atoms with E-state index >= 15 is 0 Å². The number of carboxylic acids is 1. The van der Waals surface area contributed by atoms with Gasteiger partial charge in [0.25, 0.3) is 0 Å². The maximum atomic E-state index is 12.6. The van der Waals surface area contributed by atoms with Crippen LogP contribution in [-0.4, -0.2) is 40.4 Å². The summed E-state index contributed by atoms with van der Waals surface area (Å²) in [5.41, 5.74) is 5.36. The number of nitrogens with two attached hydrogens (primary N) is 1. The number of likely N-dealkylation sites (tertiary alicyclic amines) is 1. The van der Waals surface area contributed by atoms with Gasteiger partial charge >= 0.3 is 5.97 Å². The Morgan fingerprint density at radius 1 is 1.10 bits per heavy atom. The summed E-state index contributed by atoms with van der Waals surface area (Å²) in [6.07, 6.45) is 6.68. The fourth-order valence-electron chi connectivity index (χ4n) is 3.06. The van der Waals surface area contributed by atoms with E-state index in [0.717, 1.165) is 12.8 Å². The van der Waals surface area contributed by atoms with Crippen LogP contribution in [0.15, 0.2) is 12.2 Å². The minimum atomic E-state index is -0.958. The summed E-state index contributed by atoms with van der Waals surface area (Å²) in [6, 6.07) is -0.586. The third kappa shape index (κ3) is 2.84. The molecule has 3 unspecified atom stereocenters. The lowest BCUT2D eigenvalue weighted by Gasteiger charge is -2.37. The van der Waals surface area contributed by atoms with Crippen molar-refractivity contribution in [3.63, 3.8) is 0 Å². The Labute approximate surface area is 117 Å². The summed E-state index contributed by atoms with van der Waals surface area (Å²) in [5.74, 6) is -3.00. The van der Waals surface area contributed by atoms with Crippen LogP contribution in [0.25, 0.3) is 0 Å². The number of hydrogen-bond donors (Lipinski definition) is 2. The Bertz CT molecular complexity index is 446. The first-order chi connectivity index (χ1) is 9.52.